The van der Waals surface area contributed by atoms with Crippen LogP contribution < -0.4 is 5.32 Å². The van der Waals surface area contributed by atoms with Crippen LogP contribution in [0.15, 0.2) is 4.47 Å². The Morgan fingerprint density at radius 3 is 2.61 bits per heavy atom. The molecule has 1 aliphatic carbocycles. The highest BCUT2D eigenvalue weighted by Gasteiger charge is 2.33. The number of aromatic nitrogens is 2. The molecule has 0 aliphatic heterocycles. The van der Waals surface area contributed by atoms with Crippen molar-refractivity contribution in [2.24, 2.45) is 18.9 Å². The lowest BCUT2D eigenvalue weighted by Crippen LogP contribution is -2.38. The van der Waals surface area contributed by atoms with E-state index < -0.39 is 0 Å². The lowest BCUT2D eigenvalue weighted by molar-refractivity contribution is 0.339. The summed E-state index contributed by atoms with van der Waals surface area (Å²) in [7, 11) is 2.04. The van der Waals surface area contributed by atoms with E-state index in [2.05, 4.69) is 47.1 Å². The van der Waals surface area contributed by atoms with Crippen LogP contribution in [0.4, 0.5) is 0 Å². The van der Waals surface area contributed by atoms with Gasteiger partial charge in [0.25, 0.3) is 0 Å². The van der Waals surface area contributed by atoms with Crippen LogP contribution in [-0.2, 0) is 13.5 Å². The van der Waals surface area contributed by atoms with Gasteiger partial charge < -0.3 is 5.32 Å². The Balaban J connectivity index is 2.12. The Morgan fingerprint density at radius 2 is 2.17 bits per heavy atom. The SMILES string of the molecule is CCNC(Cc1c(Br)c(C)nn1C)C(C)C1CC1. The maximum atomic E-state index is 4.49. The highest BCUT2D eigenvalue weighted by atomic mass is 79.9. The van der Waals surface area contributed by atoms with Crippen LogP contribution in [-0.4, -0.2) is 22.4 Å². The first-order valence-corrected chi connectivity index (χ1v) is 7.75. The Hall–Kier alpha value is -0.350. The smallest absolute Gasteiger partial charge is 0.0738 e. The molecule has 0 radical (unpaired) electrons. The van der Waals surface area contributed by atoms with Crippen LogP contribution >= 0.6 is 15.9 Å². The van der Waals surface area contributed by atoms with Gasteiger partial charge in [-0.05, 0) is 54.1 Å². The second-order valence-electron chi connectivity index (χ2n) is 5.53. The summed E-state index contributed by atoms with van der Waals surface area (Å²) in [6.07, 6.45) is 3.88. The second-order valence-corrected chi connectivity index (χ2v) is 6.33. The molecule has 1 heterocycles. The number of likely N-dealkylation sites (N-methyl/N-ethyl adjacent to an activating group) is 1. The quantitative estimate of drug-likeness (QED) is 0.874. The summed E-state index contributed by atoms with van der Waals surface area (Å²) in [6, 6.07) is 0.564. The summed E-state index contributed by atoms with van der Waals surface area (Å²) in [4.78, 5) is 0. The molecule has 18 heavy (non-hydrogen) atoms. The van der Waals surface area contributed by atoms with Crippen LogP contribution in [0, 0.1) is 18.8 Å². The van der Waals surface area contributed by atoms with E-state index in [4.69, 9.17) is 0 Å². The Morgan fingerprint density at radius 1 is 1.50 bits per heavy atom. The van der Waals surface area contributed by atoms with E-state index in [1.54, 1.807) is 0 Å². The number of nitrogens with zero attached hydrogens (tertiary/aromatic N) is 2. The van der Waals surface area contributed by atoms with E-state index in [-0.39, 0.29) is 0 Å². The molecule has 2 atom stereocenters. The van der Waals surface area contributed by atoms with Gasteiger partial charge >= 0.3 is 0 Å². The number of halogens is 1. The first-order chi connectivity index (χ1) is 8.54. The molecule has 4 heteroatoms. The third-order valence-corrected chi connectivity index (χ3v) is 5.17. The van der Waals surface area contributed by atoms with Crippen LogP contribution in [0.25, 0.3) is 0 Å². The predicted molar refractivity (Wildman–Crippen MR) is 78.7 cm³/mol. The number of nitrogens with one attached hydrogen (secondary N) is 1. The van der Waals surface area contributed by atoms with Crippen molar-refractivity contribution in [3.63, 3.8) is 0 Å². The van der Waals surface area contributed by atoms with E-state index in [9.17, 15) is 0 Å². The van der Waals surface area contributed by atoms with Crippen LogP contribution in [0.1, 0.15) is 38.1 Å². The average molecular weight is 314 g/mol. The molecule has 1 aliphatic rings. The summed E-state index contributed by atoms with van der Waals surface area (Å²) in [5.41, 5.74) is 2.40. The second kappa shape index (κ2) is 5.74. The minimum atomic E-state index is 0.564. The van der Waals surface area contributed by atoms with Gasteiger partial charge in [0.15, 0.2) is 0 Å². The van der Waals surface area contributed by atoms with Gasteiger partial charge in [0.1, 0.15) is 0 Å². The van der Waals surface area contributed by atoms with Crippen molar-refractivity contribution < 1.29 is 0 Å². The lowest BCUT2D eigenvalue weighted by atomic mass is 9.92. The van der Waals surface area contributed by atoms with Crippen LogP contribution in [0.2, 0.25) is 0 Å². The number of aryl methyl sites for hydroxylation is 2. The summed E-state index contributed by atoms with van der Waals surface area (Å²) < 4.78 is 3.19. The van der Waals surface area contributed by atoms with Gasteiger partial charge in [-0.15, -0.1) is 0 Å². The number of rotatable bonds is 6. The van der Waals surface area contributed by atoms with E-state index in [1.807, 2.05) is 11.7 Å². The van der Waals surface area contributed by atoms with Crippen molar-refractivity contribution in [1.29, 1.82) is 0 Å². The molecule has 0 saturated heterocycles. The first-order valence-electron chi connectivity index (χ1n) is 6.96. The molecule has 2 rings (SSSR count). The molecule has 0 bridgehead atoms. The molecule has 1 aromatic heterocycles. The molecule has 1 saturated carbocycles. The maximum Gasteiger partial charge on any atom is 0.0738 e. The highest BCUT2D eigenvalue weighted by Crippen LogP contribution is 2.39. The summed E-state index contributed by atoms with van der Waals surface area (Å²) in [6.45, 7) is 7.68. The van der Waals surface area contributed by atoms with E-state index in [0.717, 1.165) is 30.5 Å². The zero-order valence-electron chi connectivity index (χ0n) is 11.8. The Labute approximate surface area is 118 Å². The third-order valence-electron chi connectivity index (χ3n) is 4.14. The zero-order chi connectivity index (χ0) is 13.3. The molecule has 2 unspecified atom stereocenters. The minimum Gasteiger partial charge on any atom is -0.314 e. The van der Waals surface area contributed by atoms with Gasteiger partial charge in [-0.2, -0.15) is 5.10 Å². The van der Waals surface area contributed by atoms with Crippen molar-refractivity contribution in [2.45, 2.75) is 46.1 Å². The topological polar surface area (TPSA) is 29.9 Å². The summed E-state index contributed by atoms with van der Waals surface area (Å²) in [5, 5.41) is 8.14. The van der Waals surface area contributed by atoms with E-state index in [0.29, 0.717) is 6.04 Å². The normalized spacial score (nSPS) is 18.9. The molecular formula is C14H24BrN3. The monoisotopic (exact) mass is 313 g/mol. The lowest BCUT2D eigenvalue weighted by Gasteiger charge is -2.25. The molecule has 0 amide bonds. The predicted octanol–water partition coefficient (Wildman–Crippen LogP) is 3.06. The fraction of sp³-hybridized carbons (Fsp3) is 0.786. The zero-order valence-corrected chi connectivity index (χ0v) is 13.4. The molecule has 1 aromatic rings. The summed E-state index contributed by atoms with van der Waals surface area (Å²) in [5.74, 6) is 1.69. The fourth-order valence-corrected chi connectivity index (χ4v) is 3.26. The van der Waals surface area contributed by atoms with Crippen molar-refractivity contribution in [3.05, 3.63) is 15.9 Å². The van der Waals surface area contributed by atoms with Crippen LogP contribution in [0.3, 0.4) is 0 Å². The van der Waals surface area contributed by atoms with Gasteiger partial charge in [-0.25, -0.2) is 0 Å². The van der Waals surface area contributed by atoms with Crippen molar-refractivity contribution in [3.8, 4) is 0 Å². The van der Waals surface area contributed by atoms with Gasteiger partial charge in [0.05, 0.1) is 15.9 Å². The molecular weight excluding hydrogens is 290 g/mol. The third kappa shape index (κ3) is 2.97. The van der Waals surface area contributed by atoms with Gasteiger partial charge in [0, 0.05) is 19.5 Å². The summed E-state index contributed by atoms with van der Waals surface area (Å²) >= 11 is 3.67. The average Bonchev–Trinajstić information content (AvgIpc) is 3.13. The number of hydrogen-bond acceptors (Lipinski definition) is 2. The fourth-order valence-electron chi connectivity index (χ4n) is 2.77. The molecule has 1 fully saturated rings. The molecule has 0 aromatic carbocycles. The minimum absolute atomic E-state index is 0.564. The van der Waals surface area contributed by atoms with Crippen LogP contribution in [0.5, 0.6) is 0 Å². The molecule has 0 spiro atoms. The molecule has 102 valence electrons. The highest BCUT2D eigenvalue weighted by molar-refractivity contribution is 9.10. The molecule has 1 N–H and O–H groups in total. The van der Waals surface area contributed by atoms with E-state index in [1.165, 1.54) is 23.0 Å². The standard InChI is InChI=1S/C14H24BrN3/c1-5-16-12(9(2)11-6-7-11)8-13-14(15)10(3)17-18(13)4/h9,11-12,16H,5-8H2,1-4H3. The van der Waals surface area contributed by atoms with Gasteiger partial charge in [-0.3, -0.25) is 4.68 Å². The first kappa shape index (κ1) is 14.1. The Bertz CT molecular complexity index is 409. The maximum absolute atomic E-state index is 4.49. The number of hydrogen-bond donors (Lipinski definition) is 1. The Kier molecular flexibility index (Phi) is 4.49. The van der Waals surface area contributed by atoms with Gasteiger partial charge in [-0.1, -0.05) is 13.8 Å². The van der Waals surface area contributed by atoms with Gasteiger partial charge in [0.2, 0.25) is 0 Å². The van der Waals surface area contributed by atoms with E-state index >= 15 is 0 Å². The van der Waals surface area contributed by atoms with Crippen molar-refractivity contribution >= 4 is 15.9 Å². The molecule has 3 nitrogen and oxygen atoms in total. The van der Waals surface area contributed by atoms with Crippen molar-refractivity contribution in [2.75, 3.05) is 6.54 Å². The largest absolute Gasteiger partial charge is 0.314 e. The van der Waals surface area contributed by atoms with Crippen molar-refractivity contribution in [1.82, 2.24) is 15.1 Å².